The van der Waals surface area contributed by atoms with Gasteiger partial charge < -0.3 is 10.4 Å². The van der Waals surface area contributed by atoms with Crippen molar-refractivity contribution in [3.8, 4) is 0 Å². The number of halogens is 2. The molecule has 3 N–H and O–H groups in total. The lowest BCUT2D eigenvalue weighted by molar-refractivity contribution is 0.0686. The van der Waals surface area contributed by atoms with Crippen LogP contribution in [0.15, 0.2) is 35.4 Å². The second kappa shape index (κ2) is 7.44. The summed E-state index contributed by atoms with van der Waals surface area (Å²) in [6.45, 7) is 2.07. The van der Waals surface area contributed by atoms with Gasteiger partial charge in [0.05, 0.1) is 5.69 Å². The molecule has 0 radical (unpaired) electrons. The first kappa shape index (κ1) is 19.2. The highest BCUT2D eigenvalue weighted by Crippen LogP contribution is 2.22. The molecule has 1 aromatic carbocycles. The van der Waals surface area contributed by atoms with E-state index in [1.807, 2.05) is 4.72 Å². The molecule has 2 aromatic rings. The van der Waals surface area contributed by atoms with Crippen LogP contribution in [0.2, 0.25) is 0 Å². The Hall–Kier alpha value is -3.08. The summed E-state index contributed by atoms with van der Waals surface area (Å²) in [5.41, 5.74) is -1.70. The molecule has 1 aromatic heterocycles. The molecule has 0 unspecified atom stereocenters. The smallest absolute Gasteiger partial charge is 0.341 e. The third-order valence-corrected chi connectivity index (χ3v) is 4.49. The van der Waals surface area contributed by atoms with Gasteiger partial charge in [0.15, 0.2) is 0 Å². The molecule has 0 bridgehead atoms. The Morgan fingerprint density at radius 3 is 2.27 bits per heavy atom. The number of carbonyl (C=O) groups is 2. The number of nitrogens with zero attached hydrogens (tertiary/aromatic N) is 1. The van der Waals surface area contributed by atoms with Crippen molar-refractivity contribution in [3.63, 3.8) is 0 Å². The van der Waals surface area contributed by atoms with Gasteiger partial charge in [-0.3, -0.25) is 9.52 Å². The number of aromatic nitrogens is 1. The summed E-state index contributed by atoms with van der Waals surface area (Å²) in [4.78, 5) is 25.7. The van der Waals surface area contributed by atoms with Crippen molar-refractivity contribution in [1.29, 1.82) is 0 Å². The van der Waals surface area contributed by atoms with E-state index in [0.29, 0.717) is 18.7 Å². The summed E-state index contributed by atoms with van der Waals surface area (Å²) in [6, 6.07) is 3.35. The number of hydrogen-bond donors (Lipinski definition) is 3. The summed E-state index contributed by atoms with van der Waals surface area (Å²) in [6.07, 6.45) is 0.908. The summed E-state index contributed by atoms with van der Waals surface area (Å²) in [5, 5.41) is 11.2. The van der Waals surface area contributed by atoms with Gasteiger partial charge in [-0.15, -0.1) is 0 Å². The summed E-state index contributed by atoms with van der Waals surface area (Å²) in [5.74, 6) is -5.17. The molecule has 8 nitrogen and oxygen atoms in total. The molecule has 0 fully saturated rings. The summed E-state index contributed by atoms with van der Waals surface area (Å²) < 4.78 is 53.7. The number of carboxylic acid groups (broad SMARTS) is 1. The van der Waals surface area contributed by atoms with Gasteiger partial charge in [0.2, 0.25) is 0 Å². The van der Waals surface area contributed by atoms with Gasteiger partial charge >= 0.3 is 5.97 Å². The molecular formula is C15H13F2N3O5S. The minimum absolute atomic E-state index is 0.00583. The second-order valence-electron chi connectivity index (χ2n) is 4.96. The molecular weight excluding hydrogens is 372 g/mol. The van der Waals surface area contributed by atoms with Gasteiger partial charge in [0.1, 0.15) is 27.8 Å². The fraction of sp³-hybridized carbons (Fsp3) is 0.133. The van der Waals surface area contributed by atoms with Crippen molar-refractivity contribution in [2.45, 2.75) is 11.8 Å². The minimum Gasteiger partial charge on any atom is -0.477 e. The van der Waals surface area contributed by atoms with Gasteiger partial charge in [0.25, 0.3) is 15.9 Å². The molecule has 1 heterocycles. The Balaban J connectivity index is 2.29. The van der Waals surface area contributed by atoms with Crippen molar-refractivity contribution in [2.75, 3.05) is 11.3 Å². The number of amides is 1. The van der Waals surface area contributed by atoms with E-state index in [1.165, 1.54) is 6.07 Å². The molecule has 1 amide bonds. The number of aromatic carboxylic acids is 1. The lowest BCUT2D eigenvalue weighted by Crippen LogP contribution is -2.24. The predicted octanol–water partition coefficient (Wildman–Crippen LogP) is 1.61. The van der Waals surface area contributed by atoms with E-state index in [-0.39, 0.29) is 10.6 Å². The highest BCUT2D eigenvalue weighted by atomic mass is 32.2. The van der Waals surface area contributed by atoms with Crippen molar-refractivity contribution in [2.24, 2.45) is 0 Å². The molecule has 0 aliphatic rings. The number of rotatable bonds is 6. The molecule has 0 saturated carbocycles. The van der Waals surface area contributed by atoms with Crippen molar-refractivity contribution < 1.29 is 31.9 Å². The summed E-state index contributed by atoms with van der Waals surface area (Å²) in [7, 11) is -4.26. The van der Waals surface area contributed by atoms with Crippen LogP contribution < -0.4 is 10.0 Å². The highest BCUT2D eigenvalue weighted by molar-refractivity contribution is 7.92. The van der Waals surface area contributed by atoms with E-state index >= 15 is 0 Å². The average molecular weight is 385 g/mol. The number of benzene rings is 1. The molecule has 0 spiro atoms. The third kappa shape index (κ3) is 4.11. The van der Waals surface area contributed by atoms with E-state index in [2.05, 4.69) is 10.3 Å². The Labute approximate surface area is 146 Å². The number of anilines is 1. The van der Waals surface area contributed by atoms with Crippen LogP contribution in [0.4, 0.5) is 14.5 Å². The average Bonchev–Trinajstić information content (AvgIpc) is 2.53. The van der Waals surface area contributed by atoms with E-state index < -0.39 is 44.8 Å². The molecule has 0 atom stereocenters. The molecule has 138 valence electrons. The van der Waals surface area contributed by atoms with Crippen LogP contribution >= 0.6 is 0 Å². The first-order valence-corrected chi connectivity index (χ1v) is 8.63. The Bertz CT molecular complexity index is 939. The normalized spacial score (nSPS) is 11.0. The van der Waals surface area contributed by atoms with Crippen LogP contribution in [-0.2, 0) is 10.0 Å². The fourth-order valence-electron chi connectivity index (χ4n) is 1.98. The highest BCUT2D eigenvalue weighted by Gasteiger charge is 2.21. The Kier molecular flexibility index (Phi) is 5.50. The maximum absolute atomic E-state index is 13.6. The molecule has 11 heteroatoms. The molecule has 26 heavy (non-hydrogen) atoms. The topological polar surface area (TPSA) is 125 Å². The van der Waals surface area contributed by atoms with Crippen LogP contribution in [0.3, 0.4) is 0 Å². The van der Waals surface area contributed by atoms with Crippen molar-refractivity contribution in [3.05, 3.63) is 53.4 Å². The first-order chi connectivity index (χ1) is 12.2. The fourth-order valence-corrected chi connectivity index (χ4v) is 2.96. The second-order valence-corrected chi connectivity index (χ2v) is 6.65. The predicted molar refractivity (Wildman–Crippen MR) is 86.4 cm³/mol. The first-order valence-electron chi connectivity index (χ1n) is 7.15. The van der Waals surface area contributed by atoms with Gasteiger partial charge in [-0.25, -0.2) is 27.0 Å². The van der Waals surface area contributed by atoms with Crippen LogP contribution in [0.25, 0.3) is 0 Å². The van der Waals surface area contributed by atoms with Crippen molar-refractivity contribution in [1.82, 2.24) is 10.3 Å². The van der Waals surface area contributed by atoms with E-state index in [9.17, 15) is 26.8 Å². The third-order valence-electron chi connectivity index (χ3n) is 3.12. The van der Waals surface area contributed by atoms with E-state index in [0.717, 1.165) is 12.3 Å². The lowest BCUT2D eigenvalue weighted by Gasteiger charge is -2.10. The van der Waals surface area contributed by atoms with E-state index in [4.69, 9.17) is 5.11 Å². The molecule has 0 saturated heterocycles. The maximum Gasteiger partial charge on any atom is 0.341 e. The van der Waals surface area contributed by atoms with Crippen molar-refractivity contribution >= 4 is 27.6 Å². The zero-order valence-electron chi connectivity index (χ0n) is 13.3. The quantitative estimate of drug-likeness (QED) is 0.694. The van der Waals surface area contributed by atoms with Gasteiger partial charge in [0, 0.05) is 12.7 Å². The monoisotopic (exact) mass is 385 g/mol. The summed E-state index contributed by atoms with van der Waals surface area (Å²) >= 11 is 0. The number of carboxylic acids is 1. The zero-order chi connectivity index (χ0) is 19.5. The van der Waals surface area contributed by atoms with Gasteiger partial charge in [-0.05, 0) is 31.2 Å². The largest absolute Gasteiger partial charge is 0.477 e. The van der Waals surface area contributed by atoms with E-state index in [1.54, 1.807) is 6.92 Å². The number of pyridine rings is 1. The lowest BCUT2D eigenvalue weighted by atomic mass is 10.2. The zero-order valence-corrected chi connectivity index (χ0v) is 14.1. The van der Waals surface area contributed by atoms with Crippen LogP contribution in [0.1, 0.15) is 27.8 Å². The standard InChI is InChI=1S/C15H13F2N3O5S/c1-2-18-14(21)12-4-3-9(7-19-12)26(24,25)20-8-5-10(16)13(15(22)23)11(17)6-8/h3-7,20H,2H2,1H3,(H,18,21)(H,22,23). The van der Waals surface area contributed by atoms with Crippen LogP contribution in [0.5, 0.6) is 0 Å². The minimum atomic E-state index is -4.26. The maximum atomic E-state index is 13.6. The number of carbonyl (C=O) groups excluding carboxylic acids is 1. The van der Waals surface area contributed by atoms with Crippen LogP contribution in [-0.4, -0.2) is 36.9 Å². The number of nitrogens with one attached hydrogen (secondary N) is 2. The number of hydrogen-bond acceptors (Lipinski definition) is 5. The number of sulfonamides is 1. The van der Waals surface area contributed by atoms with Crippen LogP contribution in [0, 0.1) is 11.6 Å². The molecule has 0 aliphatic heterocycles. The van der Waals surface area contributed by atoms with Gasteiger partial charge in [-0.1, -0.05) is 0 Å². The van der Waals surface area contributed by atoms with Gasteiger partial charge in [-0.2, -0.15) is 0 Å². The molecule has 2 rings (SSSR count). The Morgan fingerprint density at radius 2 is 1.81 bits per heavy atom. The molecule has 0 aliphatic carbocycles. The SMILES string of the molecule is CCNC(=O)c1ccc(S(=O)(=O)Nc2cc(F)c(C(=O)O)c(F)c2)cn1. The Morgan fingerprint density at radius 1 is 1.19 bits per heavy atom.